The van der Waals surface area contributed by atoms with Crippen LogP contribution >= 0.6 is 0 Å². The summed E-state index contributed by atoms with van der Waals surface area (Å²) in [6, 6.07) is 0.565. The van der Waals surface area contributed by atoms with Crippen LogP contribution in [0.3, 0.4) is 0 Å². The van der Waals surface area contributed by atoms with Crippen LogP contribution in [-0.2, 0) is 9.47 Å². The van der Waals surface area contributed by atoms with E-state index in [4.69, 9.17) is 9.47 Å². The molecule has 0 bridgehead atoms. The van der Waals surface area contributed by atoms with E-state index in [-0.39, 0.29) is 7.53 Å². The predicted octanol–water partition coefficient (Wildman–Crippen LogP) is 2.38. The fraction of sp³-hybridized carbons (Fsp3) is 1.00. The van der Waals surface area contributed by atoms with Crippen molar-refractivity contribution in [1.82, 2.24) is 10.2 Å². The first-order chi connectivity index (χ1) is 9.22. The summed E-state index contributed by atoms with van der Waals surface area (Å²) < 4.78 is 11.3. The molecule has 19 heavy (non-hydrogen) atoms. The van der Waals surface area contributed by atoms with Gasteiger partial charge >= 0.3 is 0 Å². The Morgan fingerprint density at radius 3 is 2.79 bits per heavy atom. The zero-order chi connectivity index (χ0) is 14.5. The number of morpholine rings is 1. The third kappa shape index (κ3) is 10.3. The molecule has 1 fully saturated rings. The summed E-state index contributed by atoms with van der Waals surface area (Å²) in [6.07, 6.45) is 1.34. The van der Waals surface area contributed by atoms with E-state index in [9.17, 15) is 0 Å². The predicted molar refractivity (Wildman–Crippen MR) is 83.9 cm³/mol. The summed E-state index contributed by atoms with van der Waals surface area (Å²) in [7, 11) is 0. The maximum atomic E-state index is 5.67. The second-order valence-electron chi connectivity index (χ2n) is 4.92. The molecule has 0 unspecified atom stereocenters. The van der Waals surface area contributed by atoms with Gasteiger partial charge in [-0.25, -0.2) is 0 Å². The molecule has 1 aliphatic heterocycles. The van der Waals surface area contributed by atoms with E-state index in [1.165, 1.54) is 0 Å². The minimum Gasteiger partial charge on any atom is -0.379 e. The van der Waals surface area contributed by atoms with E-state index < -0.39 is 0 Å². The Hall–Kier alpha value is -0.160. The van der Waals surface area contributed by atoms with Gasteiger partial charge in [-0.15, -0.1) is 0 Å². The van der Waals surface area contributed by atoms with Crippen LogP contribution in [-0.4, -0.2) is 63.0 Å². The van der Waals surface area contributed by atoms with Gasteiger partial charge < -0.3 is 14.8 Å². The molecule has 1 saturated heterocycles. The Kier molecular flexibility index (Phi) is 12.7. The van der Waals surface area contributed by atoms with Crippen molar-refractivity contribution in [1.29, 1.82) is 0 Å². The number of hydrogen-bond donors (Lipinski definition) is 1. The number of hydrogen-bond acceptors (Lipinski definition) is 4. The molecule has 0 radical (unpaired) electrons. The van der Waals surface area contributed by atoms with Crippen molar-refractivity contribution in [3.63, 3.8) is 0 Å². The quantitative estimate of drug-likeness (QED) is 0.690. The first-order valence-electron chi connectivity index (χ1n) is 7.87. The van der Waals surface area contributed by atoms with E-state index in [1.807, 2.05) is 13.8 Å². The molecule has 1 aliphatic rings. The third-order valence-electron chi connectivity index (χ3n) is 2.99. The molecule has 0 aliphatic carbocycles. The summed E-state index contributed by atoms with van der Waals surface area (Å²) in [6.45, 7) is 17.1. The molecule has 0 spiro atoms. The SMILES string of the molecule is CC.CCN1CCO[C@H](COCCCNC(C)C)C1.[HH]. The molecule has 0 amide bonds. The van der Waals surface area contributed by atoms with Gasteiger partial charge in [0.15, 0.2) is 0 Å². The van der Waals surface area contributed by atoms with Crippen LogP contribution in [0.25, 0.3) is 0 Å². The van der Waals surface area contributed by atoms with Crippen LogP contribution in [0.2, 0.25) is 0 Å². The van der Waals surface area contributed by atoms with Gasteiger partial charge in [0.05, 0.1) is 19.3 Å². The fourth-order valence-corrected chi connectivity index (χ4v) is 1.95. The van der Waals surface area contributed by atoms with Crippen LogP contribution < -0.4 is 5.32 Å². The number of nitrogens with zero attached hydrogens (tertiary/aromatic N) is 1. The lowest BCUT2D eigenvalue weighted by molar-refractivity contribution is -0.0680. The molecule has 0 aromatic heterocycles. The van der Waals surface area contributed by atoms with Crippen molar-refractivity contribution in [3.8, 4) is 0 Å². The van der Waals surface area contributed by atoms with Gasteiger partial charge in [-0.3, -0.25) is 4.90 Å². The van der Waals surface area contributed by atoms with E-state index >= 15 is 0 Å². The smallest absolute Gasteiger partial charge is 0.0935 e. The average molecular weight is 276 g/mol. The molecule has 4 heteroatoms. The number of likely N-dealkylation sites (N-methyl/N-ethyl adjacent to an activating group) is 1. The minimum atomic E-state index is 0. The first kappa shape index (κ1) is 18.8. The Morgan fingerprint density at radius 2 is 2.16 bits per heavy atom. The van der Waals surface area contributed by atoms with Gasteiger partial charge in [0.25, 0.3) is 0 Å². The Labute approximate surface area is 121 Å². The maximum Gasteiger partial charge on any atom is 0.0935 e. The molecule has 1 N–H and O–H groups in total. The van der Waals surface area contributed by atoms with Crippen LogP contribution in [0.5, 0.6) is 0 Å². The Balaban J connectivity index is 0. The first-order valence-corrected chi connectivity index (χ1v) is 7.87. The molecular weight excluding hydrogens is 240 g/mol. The number of ether oxygens (including phenoxy) is 2. The second-order valence-corrected chi connectivity index (χ2v) is 4.92. The molecule has 1 atom stereocenters. The van der Waals surface area contributed by atoms with E-state index in [1.54, 1.807) is 0 Å². The summed E-state index contributed by atoms with van der Waals surface area (Å²) in [4.78, 5) is 2.41. The summed E-state index contributed by atoms with van der Waals surface area (Å²) in [5.74, 6) is 0. The molecule has 1 heterocycles. The minimum absolute atomic E-state index is 0. The van der Waals surface area contributed by atoms with E-state index in [0.717, 1.165) is 52.4 Å². The lowest BCUT2D eigenvalue weighted by atomic mass is 10.3. The lowest BCUT2D eigenvalue weighted by Gasteiger charge is -2.31. The van der Waals surface area contributed by atoms with Crippen LogP contribution in [0.4, 0.5) is 0 Å². The molecular formula is C15H36N2O2. The summed E-state index contributed by atoms with van der Waals surface area (Å²) in [5.41, 5.74) is 0. The van der Waals surface area contributed by atoms with Crippen molar-refractivity contribution < 1.29 is 10.9 Å². The van der Waals surface area contributed by atoms with Crippen LogP contribution in [0.15, 0.2) is 0 Å². The normalized spacial score (nSPS) is 20.2. The van der Waals surface area contributed by atoms with Gasteiger partial charge in [0, 0.05) is 27.2 Å². The van der Waals surface area contributed by atoms with E-state index in [2.05, 4.69) is 31.0 Å². The van der Waals surface area contributed by atoms with Crippen LogP contribution in [0.1, 0.15) is 42.5 Å². The number of rotatable bonds is 8. The molecule has 0 saturated carbocycles. The van der Waals surface area contributed by atoms with E-state index in [0.29, 0.717) is 6.04 Å². The highest BCUT2D eigenvalue weighted by molar-refractivity contribution is 4.69. The topological polar surface area (TPSA) is 33.7 Å². The molecule has 4 nitrogen and oxygen atoms in total. The molecule has 0 aromatic carbocycles. The highest BCUT2D eigenvalue weighted by atomic mass is 16.5. The largest absolute Gasteiger partial charge is 0.379 e. The maximum absolute atomic E-state index is 5.67. The van der Waals surface area contributed by atoms with Gasteiger partial charge in [-0.2, -0.15) is 0 Å². The zero-order valence-corrected chi connectivity index (χ0v) is 13.6. The van der Waals surface area contributed by atoms with Crippen LogP contribution in [0, 0.1) is 0 Å². The van der Waals surface area contributed by atoms with Crippen molar-refractivity contribution in [2.45, 2.75) is 53.2 Å². The van der Waals surface area contributed by atoms with Crippen molar-refractivity contribution in [3.05, 3.63) is 0 Å². The van der Waals surface area contributed by atoms with Gasteiger partial charge in [0.2, 0.25) is 0 Å². The molecule has 1 rings (SSSR count). The summed E-state index contributed by atoms with van der Waals surface area (Å²) >= 11 is 0. The van der Waals surface area contributed by atoms with Crippen molar-refractivity contribution in [2.75, 3.05) is 46.0 Å². The average Bonchev–Trinajstić information content (AvgIpc) is 2.45. The highest BCUT2D eigenvalue weighted by Crippen LogP contribution is 2.05. The van der Waals surface area contributed by atoms with Gasteiger partial charge in [-0.1, -0.05) is 34.6 Å². The highest BCUT2D eigenvalue weighted by Gasteiger charge is 2.18. The summed E-state index contributed by atoms with van der Waals surface area (Å²) in [5, 5.41) is 3.38. The second kappa shape index (κ2) is 12.9. The fourth-order valence-electron chi connectivity index (χ4n) is 1.95. The van der Waals surface area contributed by atoms with Gasteiger partial charge in [0.1, 0.15) is 0 Å². The Bertz CT molecular complexity index is 195. The van der Waals surface area contributed by atoms with Crippen molar-refractivity contribution in [2.24, 2.45) is 0 Å². The number of nitrogens with one attached hydrogen (secondary N) is 1. The monoisotopic (exact) mass is 276 g/mol. The Morgan fingerprint density at radius 1 is 1.42 bits per heavy atom. The lowest BCUT2D eigenvalue weighted by Crippen LogP contribution is -2.44. The standard InChI is InChI=1S/C13H28N2O2.C2H6.H2/c1-4-15-7-9-17-13(10-15)11-16-8-5-6-14-12(2)3;1-2;/h12-14H,4-11H2,1-3H3;1-2H3;1H/t13-;;/m0../s1. The molecule has 118 valence electrons. The van der Waals surface area contributed by atoms with Gasteiger partial charge in [-0.05, 0) is 19.5 Å². The third-order valence-corrected chi connectivity index (χ3v) is 2.99. The van der Waals surface area contributed by atoms with Crippen molar-refractivity contribution >= 4 is 0 Å². The molecule has 0 aromatic rings. The zero-order valence-electron chi connectivity index (χ0n) is 13.6.